The Balaban J connectivity index is 2.16. The zero-order chi connectivity index (χ0) is 11.6. The Morgan fingerprint density at radius 3 is 2.62 bits per heavy atom. The first-order valence-electron chi connectivity index (χ1n) is 5.97. The summed E-state index contributed by atoms with van der Waals surface area (Å²) in [4.78, 5) is 0. The molecule has 16 heavy (non-hydrogen) atoms. The van der Waals surface area contributed by atoms with Crippen molar-refractivity contribution in [2.24, 2.45) is 0 Å². The summed E-state index contributed by atoms with van der Waals surface area (Å²) in [7, 11) is 0. The van der Waals surface area contributed by atoms with E-state index in [1.54, 1.807) is 0 Å². The van der Waals surface area contributed by atoms with Gasteiger partial charge < -0.3 is 10.4 Å². The molecule has 3 nitrogen and oxygen atoms in total. The maximum absolute atomic E-state index is 8.53. The first-order chi connectivity index (χ1) is 7.86. The van der Waals surface area contributed by atoms with Crippen LogP contribution in [0.5, 0.6) is 0 Å². The molecular weight excluding hydrogens is 200 g/mol. The Kier molecular flexibility index (Phi) is 6.81. The van der Waals surface area contributed by atoms with Gasteiger partial charge in [-0.05, 0) is 37.1 Å². The second kappa shape index (κ2) is 8.28. The summed E-state index contributed by atoms with van der Waals surface area (Å²) in [6.45, 7) is 5.00. The minimum absolute atomic E-state index is 0.0680. The molecule has 0 aliphatic rings. The minimum Gasteiger partial charge on any atom is -0.381 e. The molecule has 0 fully saturated rings. The quantitative estimate of drug-likeness (QED) is 0.458. The molecule has 0 heterocycles. The van der Waals surface area contributed by atoms with Crippen LogP contribution in [-0.4, -0.2) is 24.9 Å². The van der Waals surface area contributed by atoms with Gasteiger partial charge in [-0.15, -0.1) is 0 Å². The molecule has 90 valence electrons. The predicted molar refractivity (Wildman–Crippen MR) is 67.2 cm³/mol. The summed E-state index contributed by atoms with van der Waals surface area (Å²) in [5, 5.41) is 14.8. The van der Waals surface area contributed by atoms with Crippen molar-refractivity contribution in [2.45, 2.75) is 26.3 Å². The molecule has 0 amide bonds. The summed E-state index contributed by atoms with van der Waals surface area (Å²) >= 11 is 0. The van der Waals surface area contributed by atoms with Gasteiger partial charge in [-0.2, -0.15) is 0 Å². The third-order valence-corrected chi connectivity index (χ3v) is 2.55. The molecule has 0 atom stereocenters. The molecule has 3 N–H and O–H groups in total. The van der Waals surface area contributed by atoms with E-state index in [0.717, 1.165) is 32.5 Å². The van der Waals surface area contributed by atoms with Crippen molar-refractivity contribution in [1.29, 1.82) is 0 Å². The summed E-state index contributed by atoms with van der Waals surface area (Å²) < 4.78 is 0. The van der Waals surface area contributed by atoms with Crippen molar-refractivity contribution in [3.63, 3.8) is 0 Å². The number of aryl methyl sites for hydroxylation is 1. The molecule has 0 saturated heterocycles. The Morgan fingerprint density at radius 2 is 1.88 bits per heavy atom. The molecule has 3 heteroatoms. The monoisotopic (exact) mass is 222 g/mol. The first kappa shape index (κ1) is 13.2. The van der Waals surface area contributed by atoms with Crippen LogP contribution in [0.25, 0.3) is 0 Å². The summed E-state index contributed by atoms with van der Waals surface area (Å²) in [6, 6.07) is 8.68. The molecule has 0 bridgehead atoms. The topological polar surface area (TPSA) is 44.3 Å². The fraction of sp³-hybridized carbons (Fsp3) is 0.538. The van der Waals surface area contributed by atoms with E-state index in [9.17, 15) is 0 Å². The van der Waals surface area contributed by atoms with Crippen LogP contribution >= 0.6 is 0 Å². The van der Waals surface area contributed by atoms with Crippen molar-refractivity contribution in [3.8, 4) is 0 Å². The molecule has 0 spiro atoms. The lowest BCUT2D eigenvalue weighted by atomic mass is 10.1. The summed E-state index contributed by atoms with van der Waals surface area (Å²) in [6.07, 6.45) is 2.13. The highest BCUT2D eigenvalue weighted by Gasteiger charge is 1.94. The van der Waals surface area contributed by atoms with E-state index in [2.05, 4.69) is 41.8 Å². The standard InChI is InChI=1S/C13H22N2O/c1-2-12-5-3-6-13(9-12)10-14-7-4-8-15-11-16/h3,5-6,9,14-16H,2,4,7-8,10-11H2,1H3. The molecule has 1 aromatic carbocycles. The summed E-state index contributed by atoms with van der Waals surface area (Å²) in [5.41, 5.74) is 2.73. The van der Waals surface area contributed by atoms with Gasteiger partial charge >= 0.3 is 0 Å². The van der Waals surface area contributed by atoms with E-state index in [0.29, 0.717) is 0 Å². The van der Waals surface area contributed by atoms with Gasteiger partial charge in [-0.25, -0.2) is 0 Å². The molecule has 1 aromatic rings. The number of nitrogens with one attached hydrogen (secondary N) is 2. The van der Waals surface area contributed by atoms with E-state index in [-0.39, 0.29) is 6.73 Å². The van der Waals surface area contributed by atoms with Gasteiger partial charge in [0.15, 0.2) is 0 Å². The van der Waals surface area contributed by atoms with Gasteiger partial charge in [0, 0.05) is 6.54 Å². The molecular formula is C13H22N2O. The highest BCUT2D eigenvalue weighted by atomic mass is 16.3. The van der Waals surface area contributed by atoms with Crippen LogP contribution in [0.3, 0.4) is 0 Å². The zero-order valence-corrected chi connectivity index (χ0v) is 10.00. The van der Waals surface area contributed by atoms with Crippen LogP contribution in [0.1, 0.15) is 24.5 Å². The molecule has 0 aromatic heterocycles. The van der Waals surface area contributed by atoms with E-state index >= 15 is 0 Å². The Morgan fingerprint density at radius 1 is 1.12 bits per heavy atom. The third-order valence-electron chi connectivity index (χ3n) is 2.55. The Hall–Kier alpha value is -0.900. The fourth-order valence-electron chi connectivity index (χ4n) is 1.61. The number of benzene rings is 1. The van der Waals surface area contributed by atoms with Crippen molar-refractivity contribution in [3.05, 3.63) is 35.4 Å². The smallest absolute Gasteiger partial charge is 0.0931 e. The number of aliphatic hydroxyl groups is 1. The van der Waals surface area contributed by atoms with Crippen LogP contribution in [-0.2, 0) is 13.0 Å². The van der Waals surface area contributed by atoms with E-state index in [4.69, 9.17) is 5.11 Å². The SMILES string of the molecule is CCc1cccc(CNCCCNCO)c1. The number of aliphatic hydroxyl groups excluding tert-OH is 1. The lowest BCUT2D eigenvalue weighted by Gasteiger charge is -2.06. The van der Waals surface area contributed by atoms with Crippen molar-refractivity contribution in [1.82, 2.24) is 10.6 Å². The van der Waals surface area contributed by atoms with Gasteiger partial charge in [0.2, 0.25) is 0 Å². The van der Waals surface area contributed by atoms with Crippen LogP contribution in [0, 0.1) is 0 Å². The van der Waals surface area contributed by atoms with Crippen LogP contribution in [0.15, 0.2) is 24.3 Å². The molecule has 0 saturated carbocycles. The average Bonchev–Trinajstić information content (AvgIpc) is 2.34. The summed E-state index contributed by atoms with van der Waals surface area (Å²) in [5.74, 6) is 0. The van der Waals surface area contributed by atoms with E-state index < -0.39 is 0 Å². The second-order valence-corrected chi connectivity index (χ2v) is 3.86. The zero-order valence-electron chi connectivity index (χ0n) is 10.00. The number of hydrogen-bond acceptors (Lipinski definition) is 3. The normalized spacial score (nSPS) is 10.6. The van der Waals surface area contributed by atoms with Crippen molar-refractivity contribution >= 4 is 0 Å². The number of hydrogen-bond donors (Lipinski definition) is 3. The van der Waals surface area contributed by atoms with Gasteiger partial charge in [0.05, 0.1) is 6.73 Å². The van der Waals surface area contributed by atoms with Gasteiger partial charge in [0.25, 0.3) is 0 Å². The predicted octanol–water partition coefficient (Wildman–Crippen LogP) is 1.27. The lowest BCUT2D eigenvalue weighted by molar-refractivity contribution is 0.260. The Labute approximate surface area is 97.9 Å². The van der Waals surface area contributed by atoms with E-state index in [1.165, 1.54) is 11.1 Å². The second-order valence-electron chi connectivity index (χ2n) is 3.86. The highest BCUT2D eigenvalue weighted by molar-refractivity contribution is 5.23. The average molecular weight is 222 g/mol. The van der Waals surface area contributed by atoms with Gasteiger partial charge in [-0.3, -0.25) is 5.32 Å². The first-order valence-corrected chi connectivity index (χ1v) is 5.97. The van der Waals surface area contributed by atoms with Crippen molar-refractivity contribution in [2.75, 3.05) is 19.8 Å². The van der Waals surface area contributed by atoms with Gasteiger partial charge in [0.1, 0.15) is 0 Å². The van der Waals surface area contributed by atoms with Crippen molar-refractivity contribution < 1.29 is 5.11 Å². The maximum Gasteiger partial charge on any atom is 0.0931 e. The largest absolute Gasteiger partial charge is 0.381 e. The Bertz CT molecular complexity index is 289. The highest BCUT2D eigenvalue weighted by Crippen LogP contribution is 2.05. The molecule has 0 aliphatic carbocycles. The van der Waals surface area contributed by atoms with Crippen LogP contribution in [0.2, 0.25) is 0 Å². The van der Waals surface area contributed by atoms with Crippen LogP contribution in [0.4, 0.5) is 0 Å². The molecule has 0 aliphatic heterocycles. The molecule has 0 unspecified atom stereocenters. The van der Waals surface area contributed by atoms with E-state index in [1.807, 2.05) is 0 Å². The fourth-order valence-corrected chi connectivity index (χ4v) is 1.61. The third kappa shape index (κ3) is 5.26. The maximum atomic E-state index is 8.53. The molecule has 1 rings (SSSR count). The van der Waals surface area contributed by atoms with Crippen LogP contribution < -0.4 is 10.6 Å². The number of rotatable bonds is 8. The van der Waals surface area contributed by atoms with Gasteiger partial charge in [-0.1, -0.05) is 31.2 Å². The lowest BCUT2D eigenvalue weighted by Crippen LogP contribution is -2.22. The molecule has 0 radical (unpaired) electrons. The minimum atomic E-state index is 0.0680.